The van der Waals surface area contributed by atoms with E-state index in [0.717, 1.165) is 25.7 Å². The molecule has 0 aromatic carbocycles. The Morgan fingerprint density at radius 1 is 1.09 bits per heavy atom. The topological polar surface area (TPSA) is 40.5 Å². The van der Waals surface area contributed by atoms with Crippen molar-refractivity contribution in [2.24, 2.45) is 27.6 Å². The molecule has 2 N–H and O–H groups in total. The number of aliphatic hydroxyl groups is 2. The zero-order valence-corrected chi connectivity index (χ0v) is 14.7. The summed E-state index contributed by atoms with van der Waals surface area (Å²) in [6.45, 7) is 9.59. The first-order valence-electron chi connectivity index (χ1n) is 9.21. The Kier molecular flexibility index (Phi) is 2.77. The molecular weight excluding hydrogens is 272 g/mol. The average molecular weight is 304 g/mol. The van der Waals surface area contributed by atoms with E-state index in [2.05, 4.69) is 33.8 Å². The van der Waals surface area contributed by atoms with E-state index in [1.165, 1.54) is 24.8 Å². The molecule has 124 valence electrons. The van der Waals surface area contributed by atoms with Crippen LogP contribution < -0.4 is 0 Å². The van der Waals surface area contributed by atoms with Gasteiger partial charge in [-0.2, -0.15) is 0 Å². The van der Waals surface area contributed by atoms with Crippen LogP contribution in [0.5, 0.6) is 0 Å². The third kappa shape index (κ3) is 1.23. The molecule has 22 heavy (non-hydrogen) atoms. The summed E-state index contributed by atoms with van der Waals surface area (Å²) < 4.78 is 0. The van der Waals surface area contributed by atoms with Crippen LogP contribution in [0.3, 0.4) is 0 Å². The van der Waals surface area contributed by atoms with Gasteiger partial charge >= 0.3 is 0 Å². The highest BCUT2D eigenvalue weighted by Crippen LogP contribution is 2.82. The number of hydrogen-bond acceptors (Lipinski definition) is 2. The summed E-state index contributed by atoms with van der Waals surface area (Å²) in [5.74, 6) is 0.576. The maximum atomic E-state index is 11.9. The molecule has 5 rings (SSSR count). The molecule has 4 bridgehead atoms. The van der Waals surface area contributed by atoms with Crippen molar-refractivity contribution in [1.29, 1.82) is 0 Å². The van der Waals surface area contributed by atoms with Crippen molar-refractivity contribution in [3.05, 3.63) is 11.6 Å². The van der Waals surface area contributed by atoms with Gasteiger partial charge in [0, 0.05) is 10.8 Å². The lowest BCUT2D eigenvalue weighted by Crippen LogP contribution is -2.78. The van der Waals surface area contributed by atoms with Gasteiger partial charge in [0.1, 0.15) is 0 Å². The monoisotopic (exact) mass is 304 g/mol. The fraction of sp³-hybridized carbons (Fsp3) is 0.900. The van der Waals surface area contributed by atoms with Crippen LogP contribution in [-0.2, 0) is 0 Å². The standard InChI is InChI=1S/C20H32O2/c1-16(2)14-7-9-18(4)19(12-14)15(13-21)6-5-8-17(19,3)10-11-20(16,18)22/h6,14,21-22H,5,7-13H2,1-4H3/t14-,17-,18+,19-,20-/m0/s1. The van der Waals surface area contributed by atoms with E-state index in [1.54, 1.807) is 0 Å². The molecule has 0 unspecified atom stereocenters. The summed E-state index contributed by atoms with van der Waals surface area (Å²) >= 11 is 0. The van der Waals surface area contributed by atoms with Crippen LogP contribution in [-0.4, -0.2) is 22.4 Å². The second-order valence-electron chi connectivity index (χ2n) is 9.75. The second kappa shape index (κ2) is 4.00. The van der Waals surface area contributed by atoms with Crippen LogP contribution in [0.25, 0.3) is 0 Å². The average Bonchev–Trinajstić information content (AvgIpc) is 2.47. The Morgan fingerprint density at radius 2 is 1.82 bits per heavy atom. The number of fused-ring (bicyclic) bond motifs is 1. The minimum absolute atomic E-state index is 0.00933. The van der Waals surface area contributed by atoms with Gasteiger partial charge in [0.25, 0.3) is 0 Å². The molecule has 1 spiro atoms. The van der Waals surface area contributed by atoms with E-state index in [-0.39, 0.29) is 28.3 Å². The van der Waals surface area contributed by atoms with Crippen molar-refractivity contribution < 1.29 is 10.2 Å². The highest BCUT2D eigenvalue weighted by molar-refractivity contribution is 5.38. The Morgan fingerprint density at radius 3 is 2.50 bits per heavy atom. The zero-order chi connectivity index (χ0) is 16.0. The largest absolute Gasteiger partial charge is 0.392 e. The quantitative estimate of drug-likeness (QED) is 0.717. The van der Waals surface area contributed by atoms with Gasteiger partial charge in [0.2, 0.25) is 0 Å². The predicted octanol–water partition coefficient (Wildman–Crippen LogP) is 4.06. The fourth-order valence-electron chi connectivity index (χ4n) is 7.93. The van der Waals surface area contributed by atoms with Crippen LogP contribution in [0.4, 0.5) is 0 Å². The zero-order valence-electron chi connectivity index (χ0n) is 14.7. The van der Waals surface area contributed by atoms with Gasteiger partial charge in [-0.15, -0.1) is 0 Å². The molecule has 5 atom stereocenters. The highest BCUT2D eigenvalue weighted by atomic mass is 16.3. The first-order valence-corrected chi connectivity index (χ1v) is 9.21. The molecule has 2 nitrogen and oxygen atoms in total. The summed E-state index contributed by atoms with van der Waals surface area (Å²) in [6, 6.07) is 0. The Bertz CT molecular complexity index is 550. The van der Waals surface area contributed by atoms with Crippen LogP contribution in [0.1, 0.15) is 72.6 Å². The maximum Gasteiger partial charge on any atom is 0.0763 e. The minimum Gasteiger partial charge on any atom is -0.392 e. The Labute approximate surface area is 135 Å². The normalized spacial score (nSPS) is 55.5. The van der Waals surface area contributed by atoms with Gasteiger partial charge < -0.3 is 10.2 Å². The lowest BCUT2D eigenvalue weighted by molar-refractivity contribution is -0.339. The summed E-state index contributed by atoms with van der Waals surface area (Å²) in [5.41, 5.74) is 0.813. The van der Waals surface area contributed by atoms with Crippen LogP contribution >= 0.6 is 0 Å². The molecule has 0 radical (unpaired) electrons. The van der Waals surface area contributed by atoms with Crippen molar-refractivity contribution >= 4 is 0 Å². The number of rotatable bonds is 1. The van der Waals surface area contributed by atoms with Crippen molar-refractivity contribution in [3.63, 3.8) is 0 Å². The SMILES string of the molecule is CC1(C)[C@H]2CC[C@]3(C)[C@@]4(C2)C(CO)=CCC[C@@]4(C)CC[C@]13O. The predicted molar refractivity (Wildman–Crippen MR) is 88.4 cm³/mol. The molecular formula is C20H32O2. The molecule has 0 saturated heterocycles. The van der Waals surface area contributed by atoms with Gasteiger partial charge in [0.15, 0.2) is 0 Å². The molecule has 0 aromatic heterocycles. The van der Waals surface area contributed by atoms with Crippen LogP contribution in [0.2, 0.25) is 0 Å². The first-order chi connectivity index (χ1) is 10.2. The van der Waals surface area contributed by atoms with Crippen LogP contribution in [0, 0.1) is 27.6 Å². The molecule has 0 aliphatic heterocycles. The summed E-state index contributed by atoms with van der Waals surface area (Å²) in [7, 11) is 0. The highest BCUT2D eigenvalue weighted by Gasteiger charge is 2.79. The third-order valence-corrected chi connectivity index (χ3v) is 9.36. The third-order valence-electron chi connectivity index (χ3n) is 9.36. The van der Waals surface area contributed by atoms with E-state index in [4.69, 9.17) is 0 Å². The van der Waals surface area contributed by atoms with E-state index >= 15 is 0 Å². The fourth-order valence-corrected chi connectivity index (χ4v) is 7.93. The van der Waals surface area contributed by atoms with Crippen molar-refractivity contribution in [1.82, 2.24) is 0 Å². The van der Waals surface area contributed by atoms with E-state index in [0.29, 0.717) is 5.92 Å². The lowest BCUT2D eigenvalue weighted by atomic mass is 9.25. The number of hydrogen-bond donors (Lipinski definition) is 2. The molecule has 4 saturated carbocycles. The maximum absolute atomic E-state index is 11.9. The van der Waals surface area contributed by atoms with Crippen molar-refractivity contribution in [2.45, 2.75) is 78.2 Å². The van der Waals surface area contributed by atoms with Gasteiger partial charge in [0.05, 0.1) is 12.2 Å². The molecule has 0 amide bonds. The Hall–Kier alpha value is -0.340. The van der Waals surface area contributed by atoms with Gasteiger partial charge in [-0.3, -0.25) is 0 Å². The second-order valence-corrected chi connectivity index (χ2v) is 9.75. The first kappa shape index (κ1) is 15.2. The summed E-state index contributed by atoms with van der Waals surface area (Å²) in [6.07, 6.45) is 10.2. The number of allylic oxidation sites excluding steroid dienone is 1. The smallest absolute Gasteiger partial charge is 0.0763 e. The van der Waals surface area contributed by atoms with E-state index in [9.17, 15) is 10.2 Å². The minimum atomic E-state index is -0.591. The molecule has 2 heteroatoms. The lowest BCUT2D eigenvalue weighted by Gasteiger charge is -2.80. The van der Waals surface area contributed by atoms with E-state index < -0.39 is 5.60 Å². The van der Waals surface area contributed by atoms with E-state index in [1.807, 2.05) is 0 Å². The Balaban J connectivity index is 2.01. The van der Waals surface area contributed by atoms with Gasteiger partial charge in [-0.25, -0.2) is 0 Å². The molecule has 4 fully saturated rings. The van der Waals surface area contributed by atoms with Crippen molar-refractivity contribution in [2.75, 3.05) is 6.61 Å². The van der Waals surface area contributed by atoms with Crippen molar-refractivity contribution in [3.8, 4) is 0 Å². The van der Waals surface area contributed by atoms with Crippen LogP contribution in [0.15, 0.2) is 11.6 Å². The molecule has 5 aliphatic carbocycles. The van der Waals surface area contributed by atoms with Gasteiger partial charge in [-0.05, 0) is 67.3 Å². The van der Waals surface area contributed by atoms with Gasteiger partial charge in [-0.1, -0.05) is 33.8 Å². The summed E-state index contributed by atoms with van der Waals surface area (Å²) in [5, 5.41) is 22.1. The molecule has 0 heterocycles. The number of aliphatic hydroxyl groups excluding tert-OH is 1. The molecule has 0 aromatic rings. The summed E-state index contributed by atoms with van der Waals surface area (Å²) in [4.78, 5) is 0. The molecule has 5 aliphatic rings.